The van der Waals surface area contributed by atoms with Crippen LogP contribution in [-0.4, -0.2) is 45.1 Å². The van der Waals surface area contributed by atoms with E-state index < -0.39 is 9.84 Å². The lowest BCUT2D eigenvalue weighted by Crippen LogP contribution is -2.55. The van der Waals surface area contributed by atoms with Crippen LogP contribution in [0.4, 0.5) is 4.79 Å². The quantitative estimate of drug-likeness (QED) is 0.825. The Morgan fingerprint density at radius 3 is 2.41 bits per heavy atom. The zero-order valence-electron chi connectivity index (χ0n) is 15.7. The molecular weight excluding hydrogens is 364 g/mol. The fourth-order valence-corrected chi connectivity index (χ4v) is 7.23. The Kier molecular flexibility index (Phi) is 4.82. The van der Waals surface area contributed by atoms with Crippen LogP contribution in [0.15, 0.2) is 24.3 Å². The molecule has 3 aliphatic rings. The fourth-order valence-electron chi connectivity index (χ4n) is 4.87. The van der Waals surface area contributed by atoms with E-state index >= 15 is 0 Å². The maximum Gasteiger partial charge on any atom is 0.315 e. The summed E-state index contributed by atoms with van der Waals surface area (Å²) < 4.78 is 28.2. The van der Waals surface area contributed by atoms with Crippen molar-refractivity contribution < 1.29 is 17.9 Å². The lowest BCUT2D eigenvalue weighted by atomic mass is 9.74. The third kappa shape index (κ3) is 4.08. The molecule has 2 saturated carbocycles. The minimum absolute atomic E-state index is 0.00538. The highest BCUT2D eigenvalue weighted by atomic mass is 32.2. The SMILES string of the molecule is COc1cccc(C2CC(NC(=O)NC3CCC4(CC3)CS(=O)(=O)C4)C2)c1. The van der Waals surface area contributed by atoms with Crippen molar-refractivity contribution >= 4 is 15.9 Å². The van der Waals surface area contributed by atoms with Gasteiger partial charge in [-0.3, -0.25) is 0 Å². The van der Waals surface area contributed by atoms with E-state index in [4.69, 9.17) is 4.74 Å². The van der Waals surface area contributed by atoms with Crippen molar-refractivity contribution in [3.8, 4) is 5.75 Å². The number of carbonyl (C=O) groups excluding carboxylic acids is 1. The number of carbonyl (C=O) groups is 1. The van der Waals surface area contributed by atoms with E-state index in [0.717, 1.165) is 44.3 Å². The molecule has 6 nitrogen and oxygen atoms in total. The van der Waals surface area contributed by atoms with Gasteiger partial charge in [0.25, 0.3) is 0 Å². The Bertz CT molecular complexity index is 795. The summed E-state index contributed by atoms with van der Waals surface area (Å²) in [7, 11) is -1.11. The first kappa shape index (κ1) is 18.6. The van der Waals surface area contributed by atoms with Gasteiger partial charge >= 0.3 is 6.03 Å². The highest BCUT2D eigenvalue weighted by Crippen LogP contribution is 2.45. The van der Waals surface area contributed by atoms with Crippen LogP contribution in [0.5, 0.6) is 5.75 Å². The van der Waals surface area contributed by atoms with Gasteiger partial charge in [0.2, 0.25) is 0 Å². The minimum Gasteiger partial charge on any atom is -0.497 e. The summed E-state index contributed by atoms with van der Waals surface area (Å²) in [5.41, 5.74) is 1.27. The number of benzene rings is 1. The predicted molar refractivity (Wildman–Crippen MR) is 104 cm³/mol. The second-order valence-electron chi connectivity index (χ2n) is 8.57. The van der Waals surface area contributed by atoms with Crippen LogP contribution >= 0.6 is 0 Å². The molecule has 1 aromatic carbocycles. The van der Waals surface area contributed by atoms with Gasteiger partial charge in [-0.1, -0.05) is 12.1 Å². The van der Waals surface area contributed by atoms with Gasteiger partial charge in [0.15, 0.2) is 9.84 Å². The number of ether oxygens (including phenoxy) is 1. The number of hydrogen-bond acceptors (Lipinski definition) is 4. The van der Waals surface area contributed by atoms with Crippen molar-refractivity contribution in [1.82, 2.24) is 10.6 Å². The molecule has 0 aromatic heterocycles. The van der Waals surface area contributed by atoms with Crippen molar-refractivity contribution in [2.75, 3.05) is 18.6 Å². The molecule has 148 valence electrons. The summed E-state index contributed by atoms with van der Waals surface area (Å²) >= 11 is 0. The summed E-state index contributed by atoms with van der Waals surface area (Å²) in [6.07, 6.45) is 5.45. The van der Waals surface area contributed by atoms with E-state index in [1.54, 1.807) is 7.11 Å². The van der Waals surface area contributed by atoms with E-state index in [9.17, 15) is 13.2 Å². The van der Waals surface area contributed by atoms with Crippen molar-refractivity contribution in [3.63, 3.8) is 0 Å². The zero-order valence-corrected chi connectivity index (χ0v) is 16.6. The average molecular weight is 393 g/mol. The standard InChI is InChI=1S/C20H28N2O4S/c1-26-18-4-2-3-14(11-18)15-9-17(10-15)22-19(23)21-16-5-7-20(8-6-16)12-27(24,25)13-20/h2-4,11,15-17H,5-10,12-13H2,1H3,(H2,21,22,23). The molecule has 27 heavy (non-hydrogen) atoms. The molecule has 1 spiro atoms. The summed E-state index contributed by atoms with van der Waals surface area (Å²) in [6, 6.07) is 8.41. The molecular formula is C20H28N2O4S. The Labute approximate surface area is 161 Å². The van der Waals surface area contributed by atoms with Crippen molar-refractivity contribution in [2.24, 2.45) is 5.41 Å². The van der Waals surface area contributed by atoms with Gasteiger partial charge < -0.3 is 15.4 Å². The number of amides is 2. The Balaban J connectivity index is 1.18. The second kappa shape index (κ2) is 7.00. The molecule has 0 bridgehead atoms. The van der Waals surface area contributed by atoms with Crippen LogP contribution < -0.4 is 15.4 Å². The van der Waals surface area contributed by atoms with E-state index in [-0.39, 0.29) is 23.5 Å². The molecule has 3 fully saturated rings. The monoisotopic (exact) mass is 392 g/mol. The van der Waals surface area contributed by atoms with Gasteiger partial charge in [-0.25, -0.2) is 13.2 Å². The first-order valence-corrected chi connectivity index (χ1v) is 11.6. The predicted octanol–water partition coefficient (Wildman–Crippen LogP) is 2.60. The average Bonchev–Trinajstić information content (AvgIpc) is 2.58. The number of rotatable bonds is 4. The van der Waals surface area contributed by atoms with Gasteiger partial charge in [0.1, 0.15) is 5.75 Å². The normalized spacial score (nSPS) is 28.6. The maximum absolute atomic E-state index is 12.3. The molecule has 1 aromatic rings. The van der Waals surface area contributed by atoms with Crippen molar-refractivity contribution in [1.29, 1.82) is 0 Å². The molecule has 1 heterocycles. The molecule has 2 aliphatic carbocycles. The van der Waals surface area contributed by atoms with Crippen LogP contribution in [-0.2, 0) is 9.84 Å². The Hall–Kier alpha value is -1.76. The maximum atomic E-state index is 12.3. The van der Waals surface area contributed by atoms with Crippen LogP contribution in [0.3, 0.4) is 0 Å². The fraction of sp³-hybridized carbons (Fsp3) is 0.650. The highest BCUT2D eigenvalue weighted by Gasteiger charge is 2.49. The largest absolute Gasteiger partial charge is 0.497 e. The van der Waals surface area contributed by atoms with Gasteiger partial charge in [0, 0.05) is 12.1 Å². The first-order chi connectivity index (χ1) is 12.9. The second-order valence-corrected chi connectivity index (χ2v) is 10.6. The van der Waals surface area contributed by atoms with Crippen LogP contribution in [0.1, 0.15) is 50.0 Å². The van der Waals surface area contributed by atoms with Crippen LogP contribution in [0.25, 0.3) is 0 Å². The third-order valence-corrected chi connectivity index (χ3v) is 8.58. The summed E-state index contributed by atoms with van der Waals surface area (Å²) in [5, 5.41) is 6.15. The van der Waals surface area contributed by atoms with Gasteiger partial charge in [0.05, 0.1) is 18.6 Å². The first-order valence-electron chi connectivity index (χ1n) is 9.78. The molecule has 2 N–H and O–H groups in total. The number of hydrogen-bond donors (Lipinski definition) is 2. The van der Waals surface area contributed by atoms with Crippen molar-refractivity contribution in [3.05, 3.63) is 29.8 Å². The summed E-state index contributed by atoms with van der Waals surface area (Å²) in [4.78, 5) is 12.3. The minimum atomic E-state index is -2.78. The third-order valence-electron chi connectivity index (χ3n) is 6.47. The number of urea groups is 1. The molecule has 7 heteroatoms. The topological polar surface area (TPSA) is 84.5 Å². The van der Waals surface area contributed by atoms with E-state index in [2.05, 4.69) is 22.8 Å². The molecule has 1 aliphatic heterocycles. The van der Waals surface area contributed by atoms with E-state index in [1.807, 2.05) is 12.1 Å². The van der Waals surface area contributed by atoms with Gasteiger partial charge in [-0.2, -0.15) is 0 Å². The Morgan fingerprint density at radius 2 is 1.78 bits per heavy atom. The smallest absolute Gasteiger partial charge is 0.315 e. The van der Waals surface area contributed by atoms with Gasteiger partial charge in [-0.15, -0.1) is 0 Å². The summed E-state index contributed by atoms with van der Waals surface area (Å²) in [6.45, 7) is 0. The lowest BCUT2D eigenvalue weighted by Gasteiger charge is -2.46. The van der Waals surface area contributed by atoms with Crippen molar-refractivity contribution in [2.45, 2.75) is 56.5 Å². The number of nitrogens with one attached hydrogen (secondary N) is 2. The highest BCUT2D eigenvalue weighted by molar-refractivity contribution is 7.92. The van der Waals surface area contributed by atoms with Crippen LogP contribution in [0.2, 0.25) is 0 Å². The molecule has 4 rings (SSSR count). The van der Waals surface area contributed by atoms with E-state index in [0.29, 0.717) is 17.4 Å². The molecule has 0 radical (unpaired) electrons. The van der Waals surface area contributed by atoms with E-state index in [1.165, 1.54) is 5.56 Å². The molecule has 0 unspecified atom stereocenters. The Morgan fingerprint density at radius 1 is 1.11 bits per heavy atom. The van der Waals surface area contributed by atoms with Crippen LogP contribution in [0, 0.1) is 5.41 Å². The number of sulfone groups is 1. The number of methoxy groups -OCH3 is 1. The lowest BCUT2D eigenvalue weighted by molar-refractivity contribution is 0.183. The molecule has 0 atom stereocenters. The van der Waals surface area contributed by atoms with Gasteiger partial charge in [-0.05, 0) is 67.6 Å². The molecule has 1 saturated heterocycles. The zero-order chi connectivity index (χ0) is 19.1. The molecule has 2 amide bonds. The summed E-state index contributed by atoms with van der Waals surface area (Å²) in [5.74, 6) is 2.02.